The van der Waals surface area contributed by atoms with Crippen LogP contribution in [0.15, 0.2) is 24.3 Å². The van der Waals surface area contributed by atoms with Crippen molar-refractivity contribution in [2.45, 2.75) is 351 Å². The summed E-state index contributed by atoms with van der Waals surface area (Å²) in [7, 11) is 0. The molecule has 0 aliphatic carbocycles. The molecule has 11 atom stereocenters. The van der Waals surface area contributed by atoms with E-state index in [4.69, 9.17) is 28.4 Å². The molecule has 0 radical (unpaired) electrons. The Labute approximate surface area is 481 Å². The lowest BCUT2D eigenvalue weighted by molar-refractivity contribution is -0.332. The van der Waals surface area contributed by atoms with E-state index in [1.807, 2.05) is 0 Å². The molecule has 79 heavy (non-hydrogen) atoms. The first-order valence-corrected chi connectivity index (χ1v) is 32.9. The number of aliphatic hydroxyl groups excluding tert-OH is 7. The van der Waals surface area contributed by atoms with Crippen molar-refractivity contribution in [2.75, 3.05) is 33.0 Å². The van der Waals surface area contributed by atoms with E-state index in [-0.39, 0.29) is 25.6 Å². The lowest BCUT2D eigenvalue weighted by Gasteiger charge is -2.42. The number of esters is 1. The zero-order valence-corrected chi connectivity index (χ0v) is 50.4. The molecule has 2 aliphatic rings. The van der Waals surface area contributed by atoms with Gasteiger partial charge in [-0.1, -0.05) is 256 Å². The zero-order valence-electron chi connectivity index (χ0n) is 50.4. The van der Waals surface area contributed by atoms with Crippen LogP contribution in [0.3, 0.4) is 0 Å². The van der Waals surface area contributed by atoms with E-state index in [9.17, 15) is 40.5 Å². The minimum atomic E-state index is -1.71. The maximum Gasteiger partial charge on any atom is 0.306 e. The van der Waals surface area contributed by atoms with Crippen molar-refractivity contribution < 1.29 is 69.0 Å². The predicted octanol–water partition coefficient (Wildman–Crippen LogP) is 13.1. The molecule has 0 spiro atoms. The van der Waals surface area contributed by atoms with E-state index in [1.165, 1.54) is 212 Å². The molecule has 2 fully saturated rings. The van der Waals surface area contributed by atoms with Crippen LogP contribution in [0.5, 0.6) is 0 Å². The second-order valence-electron chi connectivity index (χ2n) is 23.3. The van der Waals surface area contributed by atoms with Crippen molar-refractivity contribution in [3.63, 3.8) is 0 Å². The Morgan fingerprint density at radius 3 is 1.22 bits per heavy atom. The van der Waals surface area contributed by atoms with Crippen LogP contribution in [0.4, 0.5) is 0 Å². The molecule has 466 valence electrons. The minimum Gasteiger partial charge on any atom is -0.457 e. The lowest BCUT2D eigenvalue weighted by atomic mass is 9.98. The number of carbonyl (C=O) groups excluding carboxylic acids is 1. The van der Waals surface area contributed by atoms with Gasteiger partial charge in [-0.05, 0) is 44.9 Å². The number of aliphatic hydroxyl groups is 7. The summed E-state index contributed by atoms with van der Waals surface area (Å²) in [4.78, 5) is 13.1. The molecule has 2 aliphatic heterocycles. The number of carbonyl (C=O) groups is 1. The van der Waals surface area contributed by atoms with E-state index in [1.54, 1.807) is 0 Å². The Hall–Kier alpha value is -1.53. The molecule has 11 unspecified atom stereocenters. The number of rotatable bonds is 55. The third-order valence-corrected chi connectivity index (χ3v) is 16.0. The second-order valence-corrected chi connectivity index (χ2v) is 23.3. The predicted molar refractivity (Wildman–Crippen MR) is 317 cm³/mol. The van der Waals surface area contributed by atoms with E-state index < -0.39 is 80.7 Å². The van der Waals surface area contributed by atoms with Gasteiger partial charge < -0.3 is 64.2 Å². The number of hydrogen-bond acceptors (Lipinski definition) is 14. The molecule has 0 aromatic rings. The van der Waals surface area contributed by atoms with Crippen LogP contribution in [-0.2, 0) is 33.2 Å². The fourth-order valence-corrected chi connectivity index (χ4v) is 10.7. The molecule has 7 N–H and O–H groups in total. The van der Waals surface area contributed by atoms with Crippen LogP contribution in [0.25, 0.3) is 0 Å². The average Bonchev–Trinajstić information content (AvgIpc) is 3.46. The average molecular weight is 1130 g/mol. The van der Waals surface area contributed by atoms with E-state index in [2.05, 4.69) is 38.2 Å². The third-order valence-electron chi connectivity index (χ3n) is 16.0. The van der Waals surface area contributed by atoms with Crippen LogP contribution in [0.2, 0.25) is 0 Å². The SMILES string of the molecule is CCCCCCC/C=C\C/C=C\CCCCCCCCCCCCOCC(COC1OC(COC2OC(CO)C(O)C(O)C2O)C(O)C(O)C1O)OC(=O)CCCCCCCCCCCCCCCCCCCCCCCCC. The highest BCUT2D eigenvalue weighted by Gasteiger charge is 2.47. The normalized spacial score (nSPS) is 24.1. The van der Waals surface area contributed by atoms with Crippen molar-refractivity contribution in [1.82, 2.24) is 0 Å². The quantitative estimate of drug-likeness (QED) is 0.0172. The van der Waals surface area contributed by atoms with Crippen molar-refractivity contribution in [3.05, 3.63) is 24.3 Å². The first kappa shape index (κ1) is 73.6. The second kappa shape index (κ2) is 52.1. The molecule has 0 aromatic heterocycles. The summed E-state index contributed by atoms with van der Waals surface area (Å²) < 4.78 is 34.5. The zero-order chi connectivity index (χ0) is 57.2. The number of unbranched alkanes of at least 4 members (excludes halogenated alkanes) is 37. The first-order valence-electron chi connectivity index (χ1n) is 32.9. The van der Waals surface area contributed by atoms with Crippen LogP contribution >= 0.6 is 0 Å². The minimum absolute atomic E-state index is 0.0644. The van der Waals surface area contributed by atoms with Crippen molar-refractivity contribution in [1.29, 1.82) is 0 Å². The number of ether oxygens (including phenoxy) is 6. The Morgan fingerprint density at radius 2 is 0.785 bits per heavy atom. The third kappa shape index (κ3) is 38.1. The maximum absolute atomic E-state index is 13.1. The van der Waals surface area contributed by atoms with Crippen molar-refractivity contribution in [3.8, 4) is 0 Å². The molecule has 2 saturated heterocycles. The molecule has 2 heterocycles. The van der Waals surface area contributed by atoms with Gasteiger partial charge in [-0.2, -0.15) is 0 Å². The highest BCUT2D eigenvalue weighted by Crippen LogP contribution is 2.27. The summed E-state index contributed by atoms with van der Waals surface area (Å²) in [6, 6.07) is 0. The van der Waals surface area contributed by atoms with Gasteiger partial charge >= 0.3 is 5.97 Å². The smallest absolute Gasteiger partial charge is 0.306 e. The van der Waals surface area contributed by atoms with Gasteiger partial charge in [-0.25, -0.2) is 0 Å². The summed E-state index contributed by atoms with van der Waals surface area (Å²) in [6.45, 7) is 3.74. The van der Waals surface area contributed by atoms with Crippen molar-refractivity contribution >= 4 is 5.97 Å². The van der Waals surface area contributed by atoms with Crippen LogP contribution in [-0.4, -0.2) is 142 Å². The highest BCUT2D eigenvalue weighted by atomic mass is 16.7. The topological polar surface area (TPSA) is 214 Å². The number of hydrogen-bond donors (Lipinski definition) is 7. The Kier molecular flexibility index (Phi) is 48.5. The molecule has 0 aromatic carbocycles. The van der Waals surface area contributed by atoms with Crippen LogP contribution < -0.4 is 0 Å². The summed E-state index contributed by atoms with van der Waals surface area (Å²) in [5.74, 6) is -0.370. The first-order chi connectivity index (χ1) is 38.6. The van der Waals surface area contributed by atoms with Gasteiger partial charge in [0, 0.05) is 13.0 Å². The van der Waals surface area contributed by atoms with Gasteiger partial charge in [0.2, 0.25) is 0 Å². The monoisotopic (exact) mass is 1130 g/mol. The summed E-state index contributed by atoms with van der Waals surface area (Å²) in [5, 5.41) is 72.5. The van der Waals surface area contributed by atoms with Gasteiger partial charge in [0.1, 0.15) is 54.9 Å². The van der Waals surface area contributed by atoms with E-state index in [0.29, 0.717) is 13.0 Å². The van der Waals surface area contributed by atoms with Crippen LogP contribution in [0, 0.1) is 0 Å². The van der Waals surface area contributed by atoms with Crippen LogP contribution in [0.1, 0.15) is 284 Å². The summed E-state index contributed by atoms with van der Waals surface area (Å²) >= 11 is 0. The Balaban J connectivity index is 1.66. The van der Waals surface area contributed by atoms with E-state index >= 15 is 0 Å². The Morgan fingerprint density at radius 1 is 0.418 bits per heavy atom. The molecule has 14 nitrogen and oxygen atoms in total. The van der Waals surface area contributed by atoms with Gasteiger partial charge in [-0.3, -0.25) is 4.79 Å². The number of allylic oxidation sites excluding steroid dienone is 4. The van der Waals surface area contributed by atoms with Gasteiger partial charge in [0.05, 0.1) is 26.4 Å². The highest BCUT2D eigenvalue weighted by molar-refractivity contribution is 5.69. The largest absolute Gasteiger partial charge is 0.457 e. The lowest BCUT2D eigenvalue weighted by Crippen LogP contribution is -2.61. The van der Waals surface area contributed by atoms with Gasteiger partial charge in [0.15, 0.2) is 12.6 Å². The molecule has 2 rings (SSSR count). The summed E-state index contributed by atoms with van der Waals surface area (Å²) in [6.07, 6.45) is 45.3. The molecule has 0 bridgehead atoms. The van der Waals surface area contributed by atoms with Crippen molar-refractivity contribution in [2.24, 2.45) is 0 Å². The van der Waals surface area contributed by atoms with Gasteiger partial charge in [-0.15, -0.1) is 0 Å². The molecule has 0 amide bonds. The summed E-state index contributed by atoms with van der Waals surface area (Å²) in [5.41, 5.74) is 0. The van der Waals surface area contributed by atoms with E-state index in [0.717, 1.165) is 44.9 Å². The maximum atomic E-state index is 13.1. The molecule has 0 saturated carbocycles. The standard InChI is InChI=1S/C65H122O14/c1-3-5-7-9-11-13-15-17-19-21-23-25-27-28-30-32-34-36-38-40-42-44-46-48-57(67)77-54(51-74-49-47-45-43-41-39-37-35-33-31-29-26-24-22-20-18-16-14-12-10-8-6-4-2)52-75-64-63(73)61(71)59(69)56(79-64)53-76-65-62(72)60(70)58(68)55(50-66)78-65/h16,18,22,24,54-56,58-66,68-73H,3-15,17,19-21,23,25-53H2,1-2H3/b18-16-,24-22-. The fraction of sp³-hybridized carbons (Fsp3) is 0.923. The van der Waals surface area contributed by atoms with Gasteiger partial charge in [0.25, 0.3) is 0 Å². The Bertz CT molecular complexity index is 1400. The molecular weight excluding hydrogens is 1000 g/mol. The fourth-order valence-electron chi connectivity index (χ4n) is 10.7. The molecular formula is C65H122O14. The molecule has 14 heteroatoms.